The molecule has 0 aliphatic rings. The lowest BCUT2D eigenvalue weighted by Gasteiger charge is -2.15. The second-order valence-corrected chi connectivity index (χ2v) is 4.09. The van der Waals surface area contributed by atoms with Crippen LogP contribution in [0.5, 0.6) is 0 Å². The summed E-state index contributed by atoms with van der Waals surface area (Å²) in [6.07, 6.45) is 4.62. The summed E-state index contributed by atoms with van der Waals surface area (Å²) in [5.41, 5.74) is 5.28. The topological polar surface area (TPSA) is 99.2 Å². The molecule has 0 aliphatic carbocycles. The maximum absolute atomic E-state index is 10.8. The minimum atomic E-state index is -1.29. The molecule has 0 radical (unpaired) electrons. The van der Waals surface area contributed by atoms with Gasteiger partial charge in [-0.05, 0) is 33.2 Å². The van der Waals surface area contributed by atoms with E-state index >= 15 is 0 Å². The zero-order chi connectivity index (χ0) is 12.6. The number of hydrogen-bond acceptors (Lipinski definition) is 4. The highest BCUT2D eigenvalue weighted by atomic mass is 16.4. The maximum Gasteiger partial charge on any atom is 0.327 e. The monoisotopic (exact) mass is 227 g/mol. The quantitative estimate of drug-likeness (QED) is 0.279. The smallest absolute Gasteiger partial charge is 0.327 e. The largest absolute Gasteiger partial charge is 0.480 e. The van der Waals surface area contributed by atoms with E-state index in [1.165, 1.54) is 13.1 Å². The van der Waals surface area contributed by atoms with Crippen molar-refractivity contribution >= 4 is 12.2 Å². The fourth-order valence-corrected chi connectivity index (χ4v) is 1.31. The van der Waals surface area contributed by atoms with Gasteiger partial charge in [0.15, 0.2) is 0 Å². The van der Waals surface area contributed by atoms with Gasteiger partial charge >= 0.3 is 5.97 Å². The molecule has 0 aromatic heterocycles. The van der Waals surface area contributed by atoms with Crippen LogP contribution < -0.4 is 11.1 Å². The van der Waals surface area contributed by atoms with Crippen LogP contribution >= 0.6 is 0 Å². The predicted octanol–water partition coefficient (Wildman–Crippen LogP) is 0.754. The van der Waals surface area contributed by atoms with E-state index in [1.54, 1.807) is 6.08 Å². The van der Waals surface area contributed by atoms with E-state index in [2.05, 4.69) is 5.32 Å². The summed E-state index contributed by atoms with van der Waals surface area (Å²) in [7, 11) is 0. The Morgan fingerprint density at radius 2 is 2.25 bits per heavy atom. The molecule has 0 aromatic rings. The highest BCUT2D eigenvalue weighted by molar-refractivity contribution is 5.80. The van der Waals surface area contributed by atoms with Crippen molar-refractivity contribution in [2.24, 2.45) is 5.73 Å². The number of carboxylic acids is 1. The fraction of sp³-hybridized carbons (Fsp3) is 0.636. The molecule has 5 heteroatoms. The van der Waals surface area contributed by atoms with Crippen molar-refractivity contribution in [1.82, 2.24) is 5.32 Å². The van der Waals surface area contributed by atoms with Gasteiger partial charge in [-0.3, -0.25) is 0 Å². The van der Waals surface area contributed by atoms with Gasteiger partial charge in [0.1, 0.15) is 5.54 Å². The van der Waals surface area contributed by atoms with Crippen molar-refractivity contribution in [3.05, 3.63) is 11.6 Å². The molecular formula is C11H21N3O2. The van der Waals surface area contributed by atoms with E-state index in [0.29, 0.717) is 6.54 Å². The molecule has 0 bridgehead atoms. The summed E-state index contributed by atoms with van der Waals surface area (Å²) in [5, 5.41) is 18.7. The van der Waals surface area contributed by atoms with Crippen LogP contribution in [-0.4, -0.2) is 35.9 Å². The van der Waals surface area contributed by atoms with E-state index < -0.39 is 11.5 Å². The molecule has 0 heterocycles. The van der Waals surface area contributed by atoms with Crippen LogP contribution in [0.2, 0.25) is 0 Å². The first-order chi connectivity index (χ1) is 7.40. The second-order valence-electron chi connectivity index (χ2n) is 4.09. The normalized spacial score (nSPS) is 15.6. The van der Waals surface area contributed by atoms with Crippen LogP contribution in [0.25, 0.3) is 0 Å². The van der Waals surface area contributed by atoms with Crippen LogP contribution in [0, 0.1) is 5.41 Å². The average Bonchev–Trinajstić information content (AvgIpc) is 2.16. The molecule has 0 saturated carbocycles. The molecule has 5 N–H and O–H groups in total. The van der Waals surface area contributed by atoms with Gasteiger partial charge in [-0.15, -0.1) is 0 Å². The van der Waals surface area contributed by atoms with E-state index in [0.717, 1.165) is 25.0 Å². The summed E-state index contributed by atoms with van der Waals surface area (Å²) < 4.78 is 0. The number of allylic oxidation sites excluding steroid dienone is 1. The lowest BCUT2D eigenvalue weighted by molar-refractivity contribution is -0.140. The summed E-state index contributed by atoms with van der Waals surface area (Å²) in [4.78, 5) is 10.8. The molecule has 0 saturated heterocycles. The Labute approximate surface area is 96.2 Å². The van der Waals surface area contributed by atoms with Crippen molar-refractivity contribution in [2.45, 2.75) is 32.2 Å². The molecule has 5 nitrogen and oxygen atoms in total. The zero-order valence-electron chi connectivity index (χ0n) is 9.92. The van der Waals surface area contributed by atoms with Gasteiger partial charge in [-0.1, -0.05) is 11.6 Å². The highest BCUT2D eigenvalue weighted by Gasteiger charge is 2.24. The average molecular weight is 227 g/mol. The highest BCUT2D eigenvalue weighted by Crippen LogP contribution is 2.10. The lowest BCUT2D eigenvalue weighted by Crippen LogP contribution is -2.43. The van der Waals surface area contributed by atoms with Gasteiger partial charge in [0.25, 0.3) is 0 Å². The Hall–Kier alpha value is -1.20. The maximum atomic E-state index is 10.8. The number of nitrogens with two attached hydrogens (primary N) is 1. The molecule has 92 valence electrons. The standard InChI is InChI=1S/C11H21N3O2/c1-9(4-3-6-14-7-5-12)8-11(2,13)10(15)16/h5,8,12,14H,3-4,6-7,13H2,1-2H3,(H,15,16)/b9-8-,12-5?. The van der Waals surface area contributed by atoms with Crippen molar-refractivity contribution in [2.75, 3.05) is 13.1 Å². The number of hydrogen-bond donors (Lipinski definition) is 4. The summed E-state index contributed by atoms with van der Waals surface area (Å²) >= 11 is 0. The molecule has 0 aromatic carbocycles. The van der Waals surface area contributed by atoms with Gasteiger partial charge in [0.05, 0.1) is 0 Å². The first-order valence-electron chi connectivity index (χ1n) is 5.30. The third kappa shape index (κ3) is 6.31. The van der Waals surface area contributed by atoms with Crippen LogP contribution in [-0.2, 0) is 4.79 Å². The van der Waals surface area contributed by atoms with Crippen molar-refractivity contribution in [1.29, 1.82) is 5.41 Å². The number of carbonyl (C=O) groups is 1. The minimum Gasteiger partial charge on any atom is -0.480 e. The Morgan fingerprint density at radius 1 is 1.62 bits per heavy atom. The van der Waals surface area contributed by atoms with Crippen LogP contribution in [0.4, 0.5) is 0 Å². The molecule has 16 heavy (non-hydrogen) atoms. The molecule has 1 unspecified atom stereocenters. The summed E-state index contributed by atoms with van der Waals surface area (Å²) in [5.74, 6) is -1.02. The molecular weight excluding hydrogens is 206 g/mol. The first-order valence-corrected chi connectivity index (χ1v) is 5.30. The summed E-state index contributed by atoms with van der Waals surface area (Å²) in [6, 6.07) is 0. The van der Waals surface area contributed by atoms with Crippen LogP contribution in [0.1, 0.15) is 26.7 Å². The number of aliphatic carboxylic acids is 1. The molecule has 0 aliphatic heterocycles. The van der Waals surface area contributed by atoms with Crippen LogP contribution in [0.15, 0.2) is 11.6 Å². The van der Waals surface area contributed by atoms with Gasteiger partial charge in [0, 0.05) is 12.8 Å². The van der Waals surface area contributed by atoms with Gasteiger partial charge in [-0.2, -0.15) is 0 Å². The molecule has 0 fully saturated rings. The minimum absolute atomic E-state index is 0.576. The molecule has 1 atom stereocenters. The van der Waals surface area contributed by atoms with E-state index in [9.17, 15) is 4.79 Å². The number of carboxylic acid groups (broad SMARTS) is 1. The Kier molecular flexibility index (Phi) is 6.60. The third-order valence-corrected chi connectivity index (χ3v) is 2.18. The molecule has 0 rings (SSSR count). The fourth-order valence-electron chi connectivity index (χ4n) is 1.31. The lowest BCUT2D eigenvalue weighted by atomic mass is 9.99. The van der Waals surface area contributed by atoms with E-state index in [4.69, 9.17) is 16.2 Å². The molecule has 0 spiro atoms. The van der Waals surface area contributed by atoms with Crippen LogP contribution in [0.3, 0.4) is 0 Å². The van der Waals surface area contributed by atoms with Crippen molar-refractivity contribution in [3.8, 4) is 0 Å². The predicted molar refractivity (Wildman–Crippen MR) is 64.9 cm³/mol. The van der Waals surface area contributed by atoms with Gasteiger partial charge in [-0.25, -0.2) is 4.79 Å². The second kappa shape index (κ2) is 7.14. The van der Waals surface area contributed by atoms with E-state index in [1.807, 2.05) is 6.92 Å². The zero-order valence-corrected chi connectivity index (χ0v) is 9.92. The third-order valence-electron chi connectivity index (χ3n) is 2.18. The van der Waals surface area contributed by atoms with Crippen molar-refractivity contribution in [3.63, 3.8) is 0 Å². The van der Waals surface area contributed by atoms with Crippen molar-refractivity contribution < 1.29 is 9.90 Å². The van der Waals surface area contributed by atoms with E-state index in [-0.39, 0.29) is 0 Å². The van der Waals surface area contributed by atoms with Gasteiger partial charge < -0.3 is 21.6 Å². The number of rotatable bonds is 8. The first kappa shape index (κ1) is 14.8. The summed E-state index contributed by atoms with van der Waals surface area (Å²) in [6.45, 7) is 4.75. The number of nitrogens with one attached hydrogen (secondary N) is 2. The molecule has 0 amide bonds. The van der Waals surface area contributed by atoms with Gasteiger partial charge in [0.2, 0.25) is 0 Å². The Morgan fingerprint density at radius 3 is 2.75 bits per heavy atom. The Balaban J connectivity index is 3.96. The SMILES string of the molecule is C/C(=C/C(C)(N)C(=O)O)CCCNCC=N. The Bertz CT molecular complexity index is 272.